The first kappa shape index (κ1) is 18.6. The highest BCUT2D eigenvalue weighted by molar-refractivity contribution is 5.81. The predicted molar refractivity (Wildman–Crippen MR) is 119 cm³/mol. The Morgan fingerprint density at radius 3 is 2.50 bits per heavy atom. The number of rotatable bonds is 5. The van der Waals surface area contributed by atoms with Gasteiger partial charge in [0.25, 0.3) is 0 Å². The van der Waals surface area contributed by atoms with Crippen molar-refractivity contribution in [3.63, 3.8) is 0 Å². The Bertz CT molecular complexity index is 1200. The first-order chi connectivity index (χ1) is 14.7. The Morgan fingerprint density at radius 2 is 1.67 bits per heavy atom. The molecule has 4 aromatic rings. The van der Waals surface area contributed by atoms with Crippen LogP contribution in [0.5, 0.6) is 0 Å². The molecule has 1 aliphatic rings. The lowest BCUT2D eigenvalue weighted by atomic mass is 10.1. The van der Waals surface area contributed by atoms with E-state index in [1.165, 1.54) is 16.7 Å². The lowest BCUT2D eigenvalue weighted by molar-refractivity contribution is -0.128. The minimum absolute atomic E-state index is 0.110. The van der Waals surface area contributed by atoms with E-state index in [9.17, 15) is 4.79 Å². The molecule has 1 saturated heterocycles. The predicted octanol–water partition coefficient (Wildman–Crippen LogP) is 4.91. The molecular weight excluding hydrogens is 370 g/mol. The van der Waals surface area contributed by atoms with Crippen LogP contribution in [0.1, 0.15) is 34.9 Å². The van der Waals surface area contributed by atoms with E-state index in [1.807, 2.05) is 29.2 Å². The van der Waals surface area contributed by atoms with E-state index in [0.717, 1.165) is 23.4 Å². The van der Waals surface area contributed by atoms with Gasteiger partial charge in [-0.3, -0.25) is 4.79 Å². The van der Waals surface area contributed by atoms with E-state index in [4.69, 9.17) is 4.98 Å². The minimum atomic E-state index is 0.110. The number of carbonyl (C=O) groups excluding carboxylic acids is 1. The molecule has 1 atom stereocenters. The molecule has 4 heteroatoms. The van der Waals surface area contributed by atoms with Crippen molar-refractivity contribution in [1.29, 1.82) is 0 Å². The second-order valence-corrected chi connectivity index (χ2v) is 8.19. The highest BCUT2D eigenvalue weighted by Crippen LogP contribution is 2.31. The lowest BCUT2D eigenvalue weighted by Gasteiger charge is -2.17. The molecule has 1 aromatic heterocycles. The van der Waals surface area contributed by atoms with Gasteiger partial charge in [-0.25, -0.2) is 4.98 Å². The SMILES string of the molecule is Cc1cccc(Cn2c([C@@H]3CC(=O)N(Cc4ccccc4)C3)nc3ccccc32)c1. The summed E-state index contributed by atoms with van der Waals surface area (Å²) in [5, 5.41) is 0. The zero-order valence-corrected chi connectivity index (χ0v) is 17.2. The number of fused-ring (bicyclic) bond motifs is 1. The molecule has 3 aromatic carbocycles. The summed E-state index contributed by atoms with van der Waals surface area (Å²) in [4.78, 5) is 19.7. The number of aromatic nitrogens is 2. The van der Waals surface area contributed by atoms with Gasteiger partial charge in [-0.2, -0.15) is 0 Å². The van der Waals surface area contributed by atoms with Gasteiger partial charge >= 0.3 is 0 Å². The van der Waals surface area contributed by atoms with Crippen LogP contribution in [-0.2, 0) is 17.9 Å². The summed E-state index contributed by atoms with van der Waals surface area (Å²) in [7, 11) is 0. The maximum absolute atomic E-state index is 12.8. The van der Waals surface area contributed by atoms with E-state index in [-0.39, 0.29) is 11.8 Å². The Morgan fingerprint density at radius 1 is 0.900 bits per heavy atom. The normalized spacial score (nSPS) is 16.5. The first-order valence-corrected chi connectivity index (χ1v) is 10.5. The van der Waals surface area contributed by atoms with Crippen LogP contribution in [0.3, 0.4) is 0 Å². The molecule has 0 radical (unpaired) electrons. The molecule has 1 amide bonds. The standard InChI is InChI=1S/C26H25N3O/c1-19-8-7-11-21(14-19)17-29-24-13-6-5-12-23(24)27-26(29)22-15-25(30)28(18-22)16-20-9-3-2-4-10-20/h2-14,22H,15-18H2,1H3/t22-/m1/s1. The Hall–Kier alpha value is -3.40. The number of nitrogens with zero attached hydrogens (tertiary/aromatic N) is 3. The summed E-state index contributed by atoms with van der Waals surface area (Å²) in [6.45, 7) is 4.26. The molecule has 4 nitrogen and oxygen atoms in total. The fourth-order valence-corrected chi connectivity index (χ4v) is 4.47. The fourth-order valence-electron chi connectivity index (χ4n) is 4.47. The minimum Gasteiger partial charge on any atom is -0.338 e. The zero-order valence-electron chi connectivity index (χ0n) is 17.2. The first-order valence-electron chi connectivity index (χ1n) is 10.5. The monoisotopic (exact) mass is 395 g/mol. The number of para-hydroxylation sites is 2. The third-order valence-corrected chi connectivity index (χ3v) is 5.90. The second-order valence-electron chi connectivity index (χ2n) is 8.19. The molecule has 1 fully saturated rings. The topological polar surface area (TPSA) is 38.1 Å². The van der Waals surface area contributed by atoms with Crippen LogP contribution >= 0.6 is 0 Å². The summed E-state index contributed by atoms with van der Waals surface area (Å²) in [5.74, 6) is 1.33. The van der Waals surface area contributed by atoms with Crippen LogP contribution in [-0.4, -0.2) is 26.9 Å². The number of aryl methyl sites for hydroxylation is 1. The van der Waals surface area contributed by atoms with Crippen LogP contribution in [0.25, 0.3) is 11.0 Å². The van der Waals surface area contributed by atoms with Crippen molar-refractivity contribution in [2.75, 3.05) is 6.54 Å². The second kappa shape index (κ2) is 7.79. The maximum Gasteiger partial charge on any atom is 0.223 e. The summed E-state index contributed by atoms with van der Waals surface area (Å²) in [6.07, 6.45) is 0.518. The fraction of sp³-hybridized carbons (Fsp3) is 0.231. The van der Waals surface area contributed by atoms with Gasteiger partial charge in [0.05, 0.1) is 11.0 Å². The van der Waals surface area contributed by atoms with Gasteiger partial charge < -0.3 is 9.47 Å². The quantitative estimate of drug-likeness (QED) is 0.482. The van der Waals surface area contributed by atoms with Crippen LogP contribution < -0.4 is 0 Å². The smallest absolute Gasteiger partial charge is 0.223 e. The highest BCUT2D eigenvalue weighted by atomic mass is 16.2. The van der Waals surface area contributed by atoms with Gasteiger partial charge in [-0.15, -0.1) is 0 Å². The van der Waals surface area contributed by atoms with Crippen molar-refractivity contribution in [1.82, 2.24) is 14.5 Å². The average Bonchev–Trinajstić information content (AvgIpc) is 3.30. The molecule has 0 N–H and O–H groups in total. The molecular formula is C26H25N3O. The summed E-state index contributed by atoms with van der Waals surface area (Å²) in [5.41, 5.74) is 5.80. The third kappa shape index (κ3) is 3.61. The molecule has 1 aliphatic heterocycles. The van der Waals surface area contributed by atoms with Crippen LogP contribution in [0, 0.1) is 6.92 Å². The van der Waals surface area contributed by atoms with Gasteiger partial charge in [-0.05, 0) is 30.2 Å². The van der Waals surface area contributed by atoms with Gasteiger partial charge in [0.1, 0.15) is 5.82 Å². The van der Waals surface area contributed by atoms with Gasteiger partial charge in [0.15, 0.2) is 0 Å². The average molecular weight is 396 g/mol. The maximum atomic E-state index is 12.8. The number of amides is 1. The number of carbonyl (C=O) groups is 1. The Balaban J connectivity index is 1.47. The lowest BCUT2D eigenvalue weighted by Crippen LogP contribution is -2.24. The van der Waals surface area contributed by atoms with Crippen molar-refractivity contribution in [2.24, 2.45) is 0 Å². The number of hydrogen-bond acceptors (Lipinski definition) is 2. The van der Waals surface area contributed by atoms with E-state index in [1.54, 1.807) is 0 Å². The molecule has 2 heterocycles. The molecule has 0 bridgehead atoms. The van der Waals surface area contributed by atoms with E-state index < -0.39 is 0 Å². The summed E-state index contributed by atoms with van der Waals surface area (Å²) in [6, 6.07) is 27.1. The molecule has 0 spiro atoms. The largest absolute Gasteiger partial charge is 0.338 e. The van der Waals surface area contributed by atoms with Crippen molar-refractivity contribution >= 4 is 16.9 Å². The van der Waals surface area contributed by atoms with Crippen LogP contribution in [0.15, 0.2) is 78.9 Å². The van der Waals surface area contributed by atoms with Crippen molar-refractivity contribution in [3.05, 3.63) is 101 Å². The summed E-state index contributed by atoms with van der Waals surface area (Å²) < 4.78 is 2.30. The number of imidazole rings is 1. The molecule has 0 saturated carbocycles. The van der Waals surface area contributed by atoms with E-state index in [2.05, 4.69) is 66.1 Å². The van der Waals surface area contributed by atoms with Crippen molar-refractivity contribution in [2.45, 2.75) is 32.4 Å². The number of hydrogen-bond donors (Lipinski definition) is 0. The van der Waals surface area contributed by atoms with Gasteiger partial charge in [-0.1, -0.05) is 72.3 Å². The third-order valence-electron chi connectivity index (χ3n) is 5.90. The van der Waals surface area contributed by atoms with E-state index >= 15 is 0 Å². The van der Waals surface area contributed by atoms with Crippen LogP contribution in [0.2, 0.25) is 0 Å². The van der Waals surface area contributed by atoms with Gasteiger partial charge in [0, 0.05) is 32.0 Å². The molecule has 0 aliphatic carbocycles. The molecule has 150 valence electrons. The zero-order chi connectivity index (χ0) is 20.5. The molecule has 0 unspecified atom stereocenters. The van der Waals surface area contributed by atoms with Crippen molar-refractivity contribution in [3.8, 4) is 0 Å². The molecule has 5 rings (SSSR count). The highest BCUT2D eigenvalue weighted by Gasteiger charge is 2.34. The number of benzene rings is 3. The Labute approximate surface area is 176 Å². The van der Waals surface area contributed by atoms with Gasteiger partial charge in [0.2, 0.25) is 5.91 Å². The van der Waals surface area contributed by atoms with Crippen molar-refractivity contribution < 1.29 is 4.79 Å². The number of likely N-dealkylation sites (tertiary alicyclic amines) is 1. The molecule has 30 heavy (non-hydrogen) atoms. The van der Waals surface area contributed by atoms with Crippen LogP contribution in [0.4, 0.5) is 0 Å². The van der Waals surface area contributed by atoms with E-state index in [0.29, 0.717) is 19.5 Å². The summed E-state index contributed by atoms with van der Waals surface area (Å²) >= 11 is 0. The Kier molecular flexibility index (Phi) is 4.83.